The van der Waals surface area contributed by atoms with Crippen molar-refractivity contribution in [2.24, 2.45) is 5.92 Å². The third-order valence-electron chi connectivity index (χ3n) is 3.68. The molecule has 2 aromatic rings. The Labute approximate surface area is 163 Å². The summed E-state index contributed by atoms with van der Waals surface area (Å²) in [6.45, 7) is 4.39. The van der Waals surface area contributed by atoms with Crippen molar-refractivity contribution in [3.63, 3.8) is 0 Å². The molecule has 2 rings (SSSR count). The van der Waals surface area contributed by atoms with Gasteiger partial charge in [0.25, 0.3) is 0 Å². The molecule has 0 fully saturated rings. The van der Waals surface area contributed by atoms with Crippen LogP contribution >= 0.6 is 15.9 Å². The Morgan fingerprint density at radius 2 is 1.69 bits per heavy atom. The van der Waals surface area contributed by atoms with Gasteiger partial charge in [-0.25, -0.2) is 8.42 Å². The first-order valence-corrected chi connectivity index (χ1v) is 10.6. The molecule has 1 N–H and O–H groups in total. The van der Waals surface area contributed by atoms with Crippen molar-refractivity contribution in [1.82, 2.24) is 9.62 Å². The molecule has 0 unspecified atom stereocenters. The van der Waals surface area contributed by atoms with Crippen molar-refractivity contribution >= 4 is 31.9 Å². The molecule has 0 aliphatic carbocycles. The van der Waals surface area contributed by atoms with E-state index in [1.54, 1.807) is 12.1 Å². The van der Waals surface area contributed by atoms with E-state index in [-0.39, 0.29) is 23.9 Å². The maximum Gasteiger partial charge on any atom is 0.243 e. The third kappa shape index (κ3) is 5.93. The summed E-state index contributed by atoms with van der Waals surface area (Å²) in [4.78, 5) is 12.4. The topological polar surface area (TPSA) is 66.5 Å². The lowest BCUT2D eigenvalue weighted by Crippen LogP contribution is -2.41. The van der Waals surface area contributed by atoms with E-state index in [0.29, 0.717) is 12.5 Å². The molecule has 0 spiro atoms. The van der Waals surface area contributed by atoms with Gasteiger partial charge in [0.1, 0.15) is 0 Å². The van der Waals surface area contributed by atoms with E-state index < -0.39 is 10.0 Å². The van der Waals surface area contributed by atoms with Gasteiger partial charge in [-0.1, -0.05) is 60.1 Å². The van der Waals surface area contributed by atoms with Crippen LogP contribution in [0.2, 0.25) is 0 Å². The van der Waals surface area contributed by atoms with E-state index in [9.17, 15) is 13.2 Å². The van der Waals surface area contributed by atoms with Gasteiger partial charge in [0.15, 0.2) is 0 Å². The zero-order valence-corrected chi connectivity index (χ0v) is 17.3. The standard InChI is InChI=1S/C19H23BrN2O3S/c1-15(2)12-21-19(23)14-22(13-16-6-4-3-5-7-16)26(24,25)18-10-8-17(20)9-11-18/h3-11,15H,12-14H2,1-2H3,(H,21,23). The number of halogens is 1. The number of carbonyl (C=O) groups excluding carboxylic acids is 1. The Morgan fingerprint density at radius 1 is 1.08 bits per heavy atom. The summed E-state index contributed by atoms with van der Waals surface area (Å²) < 4.78 is 28.1. The lowest BCUT2D eigenvalue weighted by molar-refractivity contribution is -0.121. The Bertz CT molecular complexity index is 822. The molecule has 5 nitrogen and oxygen atoms in total. The Balaban J connectivity index is 2.26. The van der Waals surface area contributed by atoms with E-state index in [1.807, 2.05) is 44.2 Å². The van der Waals surface area contributed by atoms with Gasteiger partial charge in [-0.2, -0.15) is 4.31 Å². The fraction of sp³-hybridized carbons (Fsp3) is 0.316. The molecule has 0 saturated heterocycles. The first-order valence-electron chi connectivity index (χ1n) is 8.35. The van der Waals surface area contributed by atoms with Crippen molar-refractivity contribution in [1.29, 1.82) is 0 Å². The number of hydrogen-bond donors (Lipinski definition) is 1. The average Bonchev–Trinajstić information content (AvgIpc) is 2.60. The van der Waals surface area contributed by atoms with E-state index in [1.165, 1.54) is 16.4 Å². The minimum atomic E-state index is -3.80. The van der Waals surface area contributed by atoms with Crippen LogP contribution < -0.4 is 5.32 Å². The molecule has 0 aliphatic heterocycles. The minimum absolute atomic E-state index is 0.133. The van der Waals surface area contributed by atoms with Crippen molar-refractivity contribution in [3.05, 3.63) is 64.6 Å². The fourth-order valence-electron chi connectivity index (χ4n) is 2.30. The summed E-state index contributed by atoms with van der Waals surface area (Å²) in [5.74, 6) is -0.0140. The predicted octanol–water partition coefficient (Wildman–Crippen LogP) is 3.41. The van der Waals surface area contributed by atoms with Gasteiger partial charge in [0.2, 0.25) is 15.9 Å². The second-order valence-electron chi connectivity index (χ2n) is 6.41. The largest absolute Gasteiger partial charge is 0.355 e. The van der Waals surface area contributed by atoms with Gasteiger partial charge in [0, 0.05) is 17.6 Å². The first-order chi connectivity index (χ1) is 12.3. The normalized spacial score (nSPS) is 11.7. The number of sulfonamides is 1. The monoisotopic (exact) mass is 438 g/mol. The van der Waals surface area contributed by atoms with E-state index >= 15 is 0 Å². The van der Waals surface area contributed by atoms with Crippen molar-refractivity contribution in [2.75, 3.05) is 13.1 Å². The highest BCUT2D eigenvalue weighted by Crippen LogP contribution is 2.20. The Kier molecular flexibility index (Phi) is 7.37. The van der Waals surface area contributed by atoms with Crippen LogP contribution in [-0.2, 0) is 21.4 Å². The van der Waals surface area contributed by atoms with Crippen LogP contribution in [0.25, 0.3) is 0 Å². The molecule has 140 valence electrons. The van der Waals surface area contributed by atoms with Crippen LogP contribution in [0.3, 0.4) is 0 Å². The number of nitrogens with one attached hydrogen (secondary N) is 1. The zero-order valence-electron chi connectivity index (χ0n) is 14.9. The van der Waals surface area contributed by atoms with E-state index in [0.717, 1.165) is 10.0 Å². The summed E-state index contributed by atoms with van der Waals surface area (Å²) in [6, 6.07) is 15.7. The highest BCUT2D eigenvalue weighted by atomic mass is 79.9. The lowest BCUT2D eigenvalue weighted by Gasteiger charge is -2.22. The minimum Gasteiger partial charge on any atom is -0.355 e. The molecule has 0 aromatic heterocycles. The van der Waals surface area contributed by atoms with Gasteiger partial charge >= 0.3 is 0 Å². The Hall–Kier alpha value is -1.70. The smallest absolute Gasteiger partial charge is 0.243 e. The summed E-state index contributed by atoms with van der Waals surface area (Å²) in [7, 11) is -3.80. The molecule has 7 heteroatoms. The van der Waals surface area contributed by atoms with Gasteiger partial charge in [-0.3, -0.25) is 4.79 Å². The lowest BCUT2D eigenvalue weighted by atomic mass is 10.2. The van der Waals surface area contributed by atoms with Gasteiger partial charge in [0.05, 0.1) is 11.4 Å². The van der Waals surface area contributed by atoms with Gasteiger partial charge in [-0.15, -0.1) is 0 Å². The molecule has 0 atom stereocenters. The summed E-state index contributed by atoms with van der Waals surface area (Å²) in [5.41, 5.74) is 0.824. The van der Waals surface area contributed by atoms with Crippen molar-refractivity contribution in [3.8, 4) is 0 Å². The molecule has 0 bridgehead atoms. The molecule has 0 aliphatic rings. The molecule has 26 heavy (non-hydrogen) atoms. The van der Waals surface area contributed by atoms with E-state index in [2.05, 4.69) is 21.2 Å². The van der Waals surface area contributed by atoms with Crippen LogP contribution in [0.15, 0.2) is 64.0 Å². The number of rotatable bonds is 8. The zero-order chi connectivity index (χ0) is 19.2. The van der Waals surface area contributed by atoms with E-state index in [4.69, 9.17) is 0 Å². The highest BCUT2D eigenvalue weighted by Gasteiger charge is 2.26. The maximum atomic E-state index is 13.1. The van der Waals surface area contributed by atoms with Crippen molar-refractivity contribution < 1.29 is 13.2 Å². The summed E-state index contributed by atoms with van der Waals surface area (Å²) >= 11 is 3.30. The molecular formula is C19H23BrN2O3S. The van der Waals surface area contributed by atoms with Crippen LogP contribution in [0.4, 0.5) is 0 Å². The number of hydrogen-bond acceptors (Lipinski definition) is 3. The molecule has 2 aromatic carbocycles. The van der Waals surface area contributed by atoms with Crippen LogP contribution in [-0.4, -0.2) is 31.7 Å². The Morgan fingerprint density at radius 3 is 2.27 bits per heavy atom. The number of benzene rings is 2. The first kappa shape index (κ1) is 20.6. The number of amides is 1. The predicted molar refractivity (Wildman–Crippen MR) is 106 cm³/mol. The maximum absolute atomic E-state index is 13.1. The quantitative estimate of drug-likeness (QED) is 0.686. The average molecular weight is 439 g/mol. The summed E-state index contributed by atoms with van der Waals surface area (Å²) in [5, 5.41) is 2.78. The SMILES string of the molecule is CC(C)CNC(=O)CN(Cc1ccccc1)S(=O)(=O)c1ccc(Br)cc1. The molecule has 1 amide bonds. The molecule has 0 heterocycles. The van der Waals surface area contributed by atoms with Crippen LogP contribution in [0, 0.1) is 5.92 Å². The molecular weight excluding hydrogens is 416 g/mol. The van der Waals surface area contributed by atoms with Gasteiger partial charge < -0.3 is 5.32 Å². The van der Waals surface area contributed by atoms with Crippen LogP contribution in [0.1, 0.15) is 19.4 Å². The molecule has 0 radical (unpaired) electrons. The van der Waals surface area contributed by atoms with Crippen molar-refractivity contribution in [2.45, 2.75) is 25.3 Å². The van der Waals surface area contributed by atoms with Gasteiger partial charge in [-0.05, 0) is 35.7 Å². The van der Waals surface area contributed by atoms with Crippen LogP contribution in [0.5, 0.6) is 0 Å². The number of nitrogens with zero attached hydrogens (tertiary/aromatic N) is 1. The second kappa shape index (κ2) is 9.30. The molecule has 0 saturated carbocycles. The third-order valence-corrected chi connectivity index (χ3v) is 6.02. The highest BCUT2D eigenvalue weighted by molar-refractivity contribution is 9.10. The summed E-state index contributed by atoms with van der Waals surface area (Å²) in [6.07, 6.45) is 0. The second-order valence-corrected chi connectivity index (χ2v) is 9.26. The fourth-order valence-corrected chi connectivity index (χ4v) is 3.95. The number of carbonyl (C=O) groups is 1.